The number of aromatic nitrogens is 4. The van der Waals surface area contributed by atoms with Gasteiger partial charge < -0.3 is 20.7 Å². The molecule has 0 radical (unpaired) electrons. The number of aliphatic carboxylic acids is 1. The number of hydrogen-bond donors (Lipinski definition) is 3. The number of nitrogens with zero attached hydrogens (tertiary/aromatic N) is 7. The maximum absolute atomic E-state index is 11.0. The zero-order valence-corrected chi connectivity index (χ0v) is 12.3. The summed E-state index contributed by atoms with van der Waals surface area (Å²) in [4.78, 5) is 25.7. The van der Waals surface area contributed by atoms with Crippen molar-refractivity contribution in [2.24, 2.45) is 11.0 Å². The van der Waals surface area contributed by atoms with Gasteiger partial charge >= 0.3 is 5.97 Å². The normalized spacial score (nSPS) is 26.4. The summed E-state index contributed by atoms with van der Waals surface area (Å²) < 4.78 is 7.19. The molecule has 0 bridgehead atoms. The van der Waals surface area contributed by atoms with Crippen LogP contribution in [0.4, 0.5) is 5.82 Å². The average Bonchev–Trinajstić information content (AvgIpc) is 3.09. The third kappa shape index (κ3) is 2.69. The lowest BCUT2D eigenvalue weighted by Crippen LogP contribution is -2.29. The van der Waals surface area contributed by atoms with Gasteiger partial charge in [-0.2, -0.15) is 0 Å². The van der Waals surface area contributed by atoms with Gasteiger partial charge in [-0.3, -0.25) is 9.36 Å². The Morgan fingerprint density at radius 1 is 1.50 bits per heavy atom. The first-order valence-electron chi connectivity index (χ1n) is 7.02. The molecule has 3 heterocycles. The van der Waals surface area contributed by atoms with Crippen molar-refractivity contribution >= 4 is 23.0 Å². The van der Waals surface area contributed by atoms with E-state index in [4.69, 9.17) is 21.1 Å². The first-order valence-corrected chi connectivity index (χ1v) is 7.02. The molecule has 1 aliphatic heterocycles. The van der Waals surface area contributed by atoms with Crippen LogP contribution in [0.1, 0.15) is 12.6 Å². The van der Waals surface area contributed by atoms with Gasteiger partial charge in [0.25, 0.3) is 0 Å². The quantitative estimate of drug-likeness (QED) is 0.389. The summed E-state index contributed by atoms with van der Waals surface area (Å²) in [6.07, 6.45) is -0.497. The van der Waals surface area contributed by atoms with Crippen molar-refractivity contribution in [3.05, 3.63) is 23.1 Å². The van der Waals surface area contributed by atoms with Crippen molar-refractivity contribution < 1.29 is 19.7 Å². The molecule has 2 aromatic heterocycles. The van der Waals surface area contributed by atoms with Gasteiger partial charge in [0.1, 0.15) is 17.9 Å². The topological polar surface area (TPSA) is 185 Å². The molecule has 0 unspecified atom stereocenters. The van der Waals surface area contributed by atoms with Gasteiger partial charge in [-0.05, 0) is 5.53 Å². The molecule has 0 spiro atoms. The van der Waals surface area contributed by atoms with E-state index >= 15 is 0 Å². The summed E-state index contributed by atoms with van der Waals surface area (Å²) in [5.74, 6) is -1.65. The molecule has 1 fully saturated rings. The number of anilines is 1. The summed E-state index contributed by atoms with van der Waals surface area (Å²) in [6.45, 7) is -0.0915. The molecule has 4 atom stereocenters. The monoisotopic (exact) mass is 334 g/mol. The van der Waals surface area contributed by atoms with Crippen LogP contribution >= 0.6 is 0 Å². The second-order valence-corrected chi connectivity index (χ2v) is 5.31. The number of imidazole rings is 1. The third-order valence-corrected chi connectivity index (χ3v) is 3.92. The first kappa shape index (κ1) is 15.9. The molecule has 2 aromatic rings. The number of nitrogens with two attached hydrogens (primary N) is 1. The molecule has 0 saturated carbocycles. The zero-order chi connectivity index (χ0) is 17.3. The van der Waals surface area contributed by atoms with Gasteiger partial charge in [0.2, 0.25) is 0 Å². The minimum atomic E-state index is -1.14. The van der Waals surface area contributed by atoms with Crippen LogP contribution in [0.15, 0.2) is 17.8 Å². The summed E-state index contributed by atoms with van der Waals surface area (Å²) in [7, 11) is 0. The molecule has 126 valence electrons. The SMILES string of the molecule is [N-]=[N+]=NC[C@H]1O[C@@H](n2cnc3c(N)ncnc32)[C@H](O)[C@@H]1CC(=O)O. The van der Waals surface area contributed by atoms with Crippen LogP contribution in [0.5, 0.6) is 0 Å². The highest BCUT2D eigenvalue weighted by Crippen LogP contribution is 2.37. The minimum absolute atomic E-state index is 0.0915. The molecular weight excluding hydrogens is 320 g/mol. The van der Waals surface area contributed by atoms with E-state index in [-0.39, 0.29) is 18.8 Å². The number of carboxylic acids is 1. The van der Waals surface area contributed by atoms with E-state index in [0.29, 0.717) is 11.2 Å². The number of rotatable bonds is 5. The summed E-state index contributed by atoms with van der Waals surface area (Å²) in [5.41, 5.74) is 14.9. The maximum Gasteiger partial charge on any atom is 0.303 e. The molecule has 0 aliphatic carbocycles. The van der Waals surface area contributed by atoms with Crippen molar-refractivity contribution in [2.45, 2.75) is 24.9 Å². The van der Waals surface area contributed by atoms with Gasteiger partial charge in [-0.15, -0.1) is 0 Å². The Kier molecular flexibility index (Phi) is 4.16. The number of carbonyl (C=O) groups is 1. The predicted octanol–water partition coefficient (Wildman–Crippen LogP) is 0.0680. The molecule has 1 saturated heterocycles. The molecule has 3 rings (SSSR count). The summed E-state index contributed by atoms with van der Waals surface area (Å²) >= 11 is 0. The smallest absolute Gasteiger partial charge is 0.303 e. The van der Waals surface area contributed by atoms with E-state index in [1.165, 1.54) is 17.2 Å². The lowest BCUT2D eigenvalue weighted by molar-refractivity contribution is -0.139. The second-order valence-electron chi connectivity index (χ2n) is 5.31. The zero-order valence-electron chi connectivity index (χ0n) is 12.3. The highest BCUT2D eigenvalue weighted by Gasteiger charge is 2.45. The molecule has 0 amide bonds. The van der Waals surface area contributed by atoms with Crippen molar-refractivity contribution in [3.8, 4) is 0 Å². The molecule has 12 nitrogen and oxygen atoms in total. The van der Waals surface area contributed by atoms with E-state index in [1.54, 1.807) is 0 Å². The Morgan fingerprint density at radius 3 is 3.00 bits per heavy atom. The summed E-state index contributed by atoms with van der Waals surface area (Å²) in [5, 5.41) is 23.0. The minimum Gasteiger partial charge on any atom is -0.481 e. The predicted molar refractivity (Wildman–Crippen MR) is 79.4 cm³/mol. The van der Waals surface area contributed by atoms with Crippen LogP contribution in [-0.2, 0) is 9.53 Å². The number of hydrogen-bond acceptors (Lipinski definition) is 8. The van der Waals surface area contributed by atoms with Gasteiger partial charge in [-0.1, -0.05) is 5.11 Å². The fourth-order valence-electron chi connectivity index (χ4n) is 2.83. The number of carboxylic acid groups (broad SMARTS) is 1. The Morgan fingerprint density at radius 2 is 2.29 bits per heavy atom. The lowest BCUT2D eigenvalue weighted by Gasteiger charge is -2.18. The van der Waals surface area contributed by atoms with Gasteiger partial charge in [0, 0.05) is 10.8 Å². The fourth-order valence-corrected chi connectivity index (χ4v) is 2.83. The molecule has 24 heavy (non-hydrogen) atoms. The van der Waals surface area contributed by atoms with E-state index in [2.05, 4.69) is 25.0 Å². The number of fused-ring (bicyclic) bond motifs is 1. The molecular formula is C12H14N8O4. The van der Waals surface area contributed by atoms with Crippen LogP contribution in [-0.4, -0.2) is 54.5 Å². The van der Waals surface area contributed by atoms with Crippen molar-refractivity contribution in [3.63, 3.8) is 0 Å². The van der Waals surface area contributed by atoms with E-state index in [1.807, 2.05) is 0 Å². The first-order chi connectivity index (χ1) is 11.5. The van der Waals surface area contributed by atoms with E-state index in [9.17, 15) is 9.90 Å². The Labute approximate surface area is 134 Å². The maximum atomic E-state index is 11.0. The molecule has 1 aliphatic rings. The van der Waals surface area contributed by atoms with Crippen LogP contribution in [0.25, 0.3) is 21.6 Å². The number of aliphatic hydroxyl groups excluding tert-OH is 1. The fraction of sp³-hybridized carbons (Fsp3) is 0.500. The van der Waals surface area contributed by atoms with Crippen LogP contribution < -0.4 is 5.73 Å². The molecule has 4 N–H and O–H groups in total. The highest BCUT2D eigenvalue weighted by molar-refractivity contribution is 5.81. The van der Waals surface area contributed by atoms with E-state index < -0.39 is 30.3 Å². The molecule has 0 aromatic carbocycles. The lowest BCUT2D eigenvalue weighted by atomic mass is 9.94. The van der Waals surface area contributed by atoms with E-state index in [0.717, 1.165) is 0 Å². The van der Waals surface area contributed by atoms with Crippen molar-refractivity contribution in [1.29, 1.82) is 0 Å². The van der Waals surface area contributed by atoms with Gasteiger partial charge in [0.05, 0.1) is 25.4 Å². The van der Waals surface area contributed by atoms with Gasteiger partial charge in [0.15, 0.2) is 17.7 Å². The Hall–Kier alpha value is -2.95. The largest absolute Gasteiger partial charge is 0.481 e. The Bertz CT molecular complexity index is 816. The number of nitrogen functional groups attached to an aromatic ring is 1. The van der Waals surface area contributed by atoms with Gasteiger partial charge in [-0.25, -0.2) is 15.0 Å². The second kappa shape index (κ2) is 6.28. The van der Waals surface area contributed by atoms with Crippen LogP contribution in [0.2, 0.25) is 0 Å². The van der Waals surface area contributed by atoms with Crippen molar-refractivity contribution in [1.82, 2.24) is 19.5 Å². The van der Waals surface area contributed by atoms with Crippen LogP contribution in [0, 0.1) is 5.92 Å². The molecule has 12 heteroatoms. The highest BCUT2D eigenvalue weighted by atomic mass is 16.5. The van der Waals surface area contributed by atoms with Crippen LogP contribution in [0.3, 0.4) is 0 Å². The standard InChI is InChI=1S/C12H14N8O4/c13-10-8-11(16-3-15-10)20(4-17-8)12-9(23)5(1-7(21)22)6(24-12)2-18-19-14/h3-6,9,12,23H,1-2H2,(H,21,22)(H2,13,15,16)/t5-,6-,9-,12-/m1/s1. The number of aliphatic hydroxyl groups is 1. The van der Waals surface area contributed by atoms with Crippen molar-refractivity contribution in [2.75, 3.05) is 12.3 Å². The number of ether oxygens (including phenoxy) is 1. The Balaban J connectivity index is 1.96. The summed E-state index contributed by atoms with van der Waals surface area (Å²) in [6, 6.07) is 0. The average molecular weight is 334 g/mol. The third-order valence-electron chi connectivity index (χ3n) is 3.92. The number of azide groups is 1.